The van der Waals surface area contributed by atoms with Gasteiger partial charge in [-0.15, -0.1) is 0 Å². The van der Waals surface area contributed by atoms with Crippen LogP contribution in [-0.2, 0) is 11.3 Å². The minimum absolute atomic E-state index is 0.265. The maximum absolute atomic E-state index is 9.31. The summed E-state index contributed by atoms with van der Waals surface area (Å²) >= 11 is 3.25. The first-order valence-corrected chi connectivity index (χ1v) is 3.99. The van der Waals surface area contributed by atoms with E-state index in [9.17, 15) is 5.11 Å². The lowest BCUT2D eigenvalue weighted by molar-refractivity contribution is 0.182. The third-order valence-corrected chi connectivity index (χ3v) is 1.84. The lowest BCUT2D eigenvalue weighted by Gasteiger charge is -2.02. The van der Waals surface area contributed by atoms with Gasteiger partial charge in [-0.2, -0.15) is 0 Å². The summed E-state index contributed by atoms with van der Waals surface area (Å²) in [5, 5.41) is 9.31. The van der Waals surface area contributed by atoms with E-state index in [2.05, 4.69) is 15.9 Å². The maximum Gasteiger partial charge on any atom is 0.122 e. The molecule has 3 heteroatoms. The number of hydrogen-bond acceptors (Lipinski definition) is 2. The minimum atomic E-state index is 0.265. The largest absolute Gasteiger partial charge is 0.508 e. The Labute approximate surface area is 73.9 Å². The Morgan fingerprint density at radius 3 is 2.82 bits per heavy atom. The van der Waals surface area contributed by atoms with Crippen molar-refractivity contribution in [3.63, 3.8) is 0 Å². The van der Waals surface area contributed by atoms with Gasteiger partial charge < -0.3 is 9.84 Å². The summed E-state index contributed by atoms with van der Waals surface area (Å²) in [7, 11) is 1.60. The van der Waals surface area contributed by atoms with E-state index in [1.165, 1.54) is 0 Å². The minimum Gasteiger partial charge on any atom is -0.508 e. The van der Waals surface area contributed by atoms with Crippen LogP contribution in [-0.4, -0.2) is 12.2 Å². The fourth-order valence-corrected chi connectivity index (χ4v) is 1.16. The molecule has 0 saturated heterocycles. The van der Waals surface area contributed by atoms with Gasteiger partial charge >= 0.3 is 0 Å². The summed E-state index contributed by atoms with van der Waals surface area (Å²) in [4.78, 5) is 0. The van der Waals surface area contributed by atoms with Crippen LogP contribution in [0.5, 0.6) is 5.75 Å². The predicted octanol–water partition coefficient (Wildman–Crippen LogP) is 2.30. The average molecular weight is 217 g/mol. The molecule has 1 aromatic carbocycles. The zero-order chi connectivity index (χ0) is 8.27. The molecule has 0 aliphatic carbocycles. The molecule has 1 N–H and O–H groups in total. The molecule has 0 atom stereocenters. The summed E-state index contributed by atoms with van der Waals surface area (Å²) in [6.07, 6.45) is 0. The molecule has 0 aliphatic rings. The highest BCUT2D eigenvalue weighted by Crippen LogP contribution is 2.22. The molecule has 0 aliphatic heterocycles. The molecule has 0 fully saturated rings. The van der Waals surface area contributed by atoms with Crippen LogP contribution in [0.3, 0.4) is 0 Å². The van der Waals surface area contributed by atoms with Crippen LogP contribution in [0.2, 0.25) is 0 Å². The zero-order valence-corrected chi connectivity index (χ0v) is 7.76. The van der Waals surface area contributed by atoms with Crippen molar-refractivity contribution in [1.29, 1.82) is 0 Å². The van der Waals surface area contributed by atoms with E-state index in [0.29, 0.717) is 6.61 Å². The van der Waals surface area contributed by atoms with E-state index >= 15 is 0 Å². The quantitative estimate of drug-likeness (QED) is 0.823. The second-order valence-corrected chi connectivity index (χ2v) is 3.12. The van der Waals surface area contributed by atoms with Crippen LogP contribution >= 0.6 is 15.9 Å². The van der Waals surface area contributed by atoms with Gasteiger partial charge in [0, 0.05) is 17.1 Å². The first-order valence-electron chi connectivity index (χ1n) is 3.20. The van der Waals surface area contributed by atoms with Crippen molar-refractivity contribution in [2.45, 2.75) is 6.61 Å². The van der Waals surface area contributed by atoms with E-state index in [1.54, 1.807) is 13.2 Å². The van der Waals surface area contributed by atoms with Crippen LogP contribution in [0.15, 0.2) is 22.7 Å². The van der Waals surface area contributed by atoms with Crippen molar-refractivity contribution in [3.8, 4) is 5.75 Å². The van der Waals surface area contributed by atoms with Gasteiger partial charge in [-0.1, -0.05) is 22.0 Å². The van der Waals surface area contributed by atoms with Crippen molar-refractivity contribution < 1.29 is 9.84 Å². The normalized spacial score (nSPS) is 10.0. The van der Waals surface area contributed by atoms with Gasteiger partial charge in [-0.25, -0.2) is 0 Å². The molecule has 60 valence electrons. The summed E-state index contributed by atoms with van der Waals surface area (Å²) in [6, 6.07) is 5.34. The van der Waals surface area contributed by atoms with Crippen molar-refractivity contribution in [1.82, 2.24) is 0 Å². The van der Waals surface area contributed by atoms with Gasteiger partial charge in [-0.05, 0) is 12.1 Å². The van der Waals surface area contributed by atoms with Crippen molar-refractivity contribution >= 4 is 15.9 Å². The molecule has 0 radical (unpaired) electrons. The highest BCUT2D eigenvalue weighted by atomic mass is 79.9. The molecule has 2 nitrogen and oxygen atoms in total. The number of halogens is 1. The Bertz CT molecular complexity index is 248. The highest BCUT2D eigenvalue weighted by Gasteiger charge is 1.99. The Balaban J connectivity index is 2.90. The molecule has 11 heavy (non-hydrogen) atoms. The highest BCUT2D eigenvalue weighted by molar-refractivity contribution is 9.10. The van der Waals surface area contributed by atoms with Gasteiger partial charge in [-0.3, -0.25) is 0 Å². The van der Waals surface area contributed by atoms with Crippen LogP contribution in [0, 0.1) is 0 Å². The summed E-state index contributed by atoms with van der Waals surface area (Å²) < 4.78 is 5.74. The van der Waals surface area contributed by atoms with Crippen LogP contribution in [0.1, 0.15) is 5.56 Å². The second-order valence-electron chi connectivity index (χ2n) is 2.21. The Morgan fingerprint density at radius 2 is 2.27 bits per heavy atom. The predicted molar refractivity (Wildman–Crippen MR) is 46.5 cm³/mol. The Morgan fingerprint density at radius 1 is 1.55 bits per heavy atom. The maximum atomic E-state index is 9.31. The lowest BCUT2D eigenvalue weighted by atomic mass is 10.2. The third-order valence-electron chi connectivity index (χ3n) is 1.35. The number of methoxy groups -OCH3 is 1. The summed E-state index contributed by atoms with van der Waals surface area (Å²) in [5.74, 6) is 0.265. The van der Waals surface area contributed by atoms with E-state index in [0.717, 1.165) is 10.0 Å². The van der Waals surface area contributed by atoms with Gasteiger partial charge in [0.25, 0.3) is 0 Å². The molecule has 0 unspecified atom stereocenters. The molecule has 0 aromatic heterocycles. The molecular weight excluding hydrogens is 208 g/mol. The van der Waals surface area contributed by atoms with Gasteiger partial charge in [0.05, 0.1) is 6.61 Å². The molecule has 0 heterocycles. The van der Waals surface area contributed by atoms with Crippen LogP contribution in [0.4, 0.5) is 0 Å². The fraction of sp³-hybridized carbons (Fsp3) is 0.250. The van der Waals surface area contributed by atoms with E-state index in [1.807, 2.05) is 12.1 Å². The van der Waals surface area contributed by atoms with Gasteiger partial charge in [0.1, 0.15) is 5.75 Å². The van der Waals surface area contributed by atoms with Crippen molar-refractivity contribution in [3.05, 3.63) is 28.2 Å². The fourth-order valence-electron chi connectivity index (χ4n) is 0.815. The monoisotopic (exact) mass is 216 g/mol. The van der Waals surface area contributed by atoms with Crippen LogP contribution < -0.4 is 0 Å². The average Bonchev–Trinajstić information content (AvgIpc) is 1.95. The molecular formula is C8H9BrO2. The number of ether oxygens (including phenoxy) is 1. The Kier molecular flexibility index (Phi) is 2.91. The molecule has 0 saturated carbocycles. The number of phenols is 1. The molecule has 0 bridgehead atoms. The van der Waals surface area contributed by atoms with Crippen molar-refractivity contribution in [2.75, 3.05) is 7.11 Å². The van der Waals surface area contributed by atoms with E-state index < -0.39 is 0 Å². The number of rotatable bonds is 2. The zero-order valence-electron chi connectivity index (χ0n) is 6.17. The number of benzene rings is 1. The topological polar surface area (TPSA) is 29.5 Å². The SMILES string of the molecule is COCc1ccc(Br)cc1O. The van der Waals surface area contributed by atoms with Crippen LogP contribution in [0.25, 0.3) is 0 Å². The molecule has 0 spiro atoms. The first-order chi connectivity index (χ1) is 5.24. The van der Waals surface area contributed by atoms with E-state index in [4.69, 9.17) is 4.74 Å². The summed E-state index contributed by atoms with van der Waals surface area (Å²) in [6.45, 7) is 0.444. The second kappa shape index (κ2) is 3.74. The molecule has 1 aromatic rings. The first kappa shape index (κ1) is 8.56. The van der Waals surface area contributed by atoms with E-state index in [-0.39, 0.29) is 5.75 Å². The van der Waals surface area contributed by atoms with Gasteiger partial charge in [0.15, 0.2) is 0 Å². The lowest BCUT2D eigenvalue weighted by Crippen LogP contribution is -1.87. The molecule has 0 amide bonds. The summed E-state index contributed by atoms with van der Waals surface area (Å²) in [5.41, 5.74) is 0.802. The smallest absolute Gasteiger partial charge is 0.122 e. The number of phenolic OH excluding ortho intramolecular Hbond substituents is 1. The standard InChI is InChI=1S/C8H9BrO2/c1-11-5-6-2-3-7(9)4-8(6)10/h2-4,10H,5H2,1H3. The molecule has 1 rings (SSSR count). The number of hydrogen-bond donors (Lipinski definition) is 1. The van der Waals surface area contributed by atoms with Crippen molar-refractivity contribution in [2.24, 2.45) is 0 Å². The third kappa shape index (κ3) is 2.20. The Hall–Kier alpha value is -0.540. The van der Waals surface area contributed by atoms with Gasteiger partial charge in [0.2, 0.25) is 0 Å². The number of aromatic hydroxyl groups is 1.